The number of nitrogens with zero attached hydrogens (tertiary/aromatic N) is 3. The Labute approximate surface area is 148 Å². The fourth-order valence-corrected chi connectivity index (χ4v) is 3.71. The average Bonchev–Trinajstić information content (AvgIpc) is 3.40. The van der Waals surface area contributed by atoms with E-state index in [1.54, 1.807) is 6.20 Å². The number of carbonyl (C=O) groups excluding carboxylic acids is 1. The third kappa shape index (κ3) is 3.33. The highest BCUT2D eigenvalue weighted by molar-refractivity contribution is 5.95. The van der Waals surface area contributed by atoms with Crippen molar-refractivity contribution in [3.05, 3.63) is 47.8 Å². The van der Waals surface area contributed by atoms with E-state index >= 15 is 0 Å². The number of piperidine rings is 1. The predicted molar refractivity (Wildman–Crippen MR) is 96.1 cm³/mol. The maximum Gasteiger partial charge on any atom is 0.257 e. The number of hydrogen-bond donors (Lipinski definition) is 0. The maximum absolute atomic E-state index is 13.2. The van der Waals surface area contributed by atoms with Crippen molar-refractivity contribution in [2.75, 3.05) is 19.7 Å². The Morgan fingerprint density at radius 1 is 1.24 bits per heavy atom. The van der Waals surface area contributed by atoms with Gasteiger partial charge in [-0.05, 0) is 44.7 Å². The third-order valence-corrected chi connectivity index (χ3v) is 5.07. The Morgan fingerprint density at radius 2 is 2.04 bits per heavy atom. The van der Waals surface area contributed by atoms with Crippen LogP contribution in [0.15, 0.2) is 36.5 Å². The molecule has 132 valence electrons. The topological polar surface area (TPSA) is 47.4 Å². The normalized spacial score (nSPS) is 20.7. The summed E-state index contributed by atoms with van der Waals surface area (Å²) in [5.74, 6) is 0.558. The number of rotatable bonds is 5. The van der Waals surface area contributed by atoms with Gasteiger partial charge in [-0.2, -0.15) is 5.10 Å². The van der Waals surface area contributed by atoms with Crippen molar-refractivity contribution in [1.29, 1.82) is 0 Å². The molecule has 5 heteroatoms. The van der Waals surface area contributed by atoms with Crippen molar-refractivity contribution in [3.63, 3.8) is 0 Å². The van der Waals surface area contributed by atoms with Crippen LogP contribution in [-0.2, 0) is 4.74 Å². The molecule has 1 saturated heterocycles. The van der Waals surface area contributed by atoms with Gasteiger partial charge in [0.2, 0.25) is 0 Å². The van der Waals surface area contributed by atoms with Crippen LogP contribution in [0.5, 0.6) is 0 Å². The molecule has 1 saturated carbocycles. The van der Waals surface area contributed by atoms with Crippen LogP contribution in [0.3, 0.4) is 0 Å². The molecule has 25 heavy (non-hydrogen) atoms. The van der Waals surface area contributed by atoms with E-state index in [1.807, 2.05) is 46.8 Å². The Balaban J connectivity index is 1.62. The van der Waals surface area contributed by atoms with Crippen LogP contribution in [0.4, 0.5) is 0 Å². The van der Waals surface area contributed by atoms with Gasteiger partial charge in [0.1, 0.15) is 0 Å². The molecule has 2 heterocycles. The minimum atomic E-state index is 0.105. The highest BCUT2D eigenvalue weighted by Gasteiger charge is 2.35. The van der Waals surface area contributed by atoms with E-state index < -0.39 is 0 Å². The number of para-hydroxylation sites is 1. The molecule has 4 rings (SSSR count). The lowest BCUT2D eigenvalue weighted by molar-refractivity contribution is 0.00720. The van der Waals surface area contributed by atoms with Crippen molar-refractivity contribution in [2.45, 2.75) is 44.6 Å². The molecule has 1 aliphatic carbocycles. The van der Waals surface area contributed by atoms with Crippen LogP contribution >= 0.6 is 0 Å². The maximum atomic E-state index is 13.2. The van der Waals surface area contributed by atoms with Gasteiger partial charge in [0.15, 0.2) is 0 Å². The van der Waals surface area contributed by atoms with Crippen molar-refractivity contribution in [3.8, 4) is 5.69 Å². The quantitative estimate of drug-likeness (QED) is 0.839. The predicted octanol–water partition coefficient (Wildman–Crippen LogP) is 3.39. The zero-order valence-electron chi connectivity index (χ0n) is 14.7. The highest BCUT2D eigenvalue weighted by Crippen LogP contribution is 2.42. The molecular weight excluding hydrogens is 314 g/mol. The molecule has 0 N–H and O–H groups in total. The minimum Gasteiger partial charge on any atom is -0.377 e. The van der Waals surface area contributed by atoms with Crippen LogP contribution < -0.4 is 0 Å². The Hall–Kier alpha value is -2.14. The lowest BCUT2D eigenvalue weighted by Gasteiger charge is -2.32. The van der Waals surface area contributed by atoms with Crippen LogP contribution in [0, 0.1) is 0 Å². The van der Waals surface area contributed by atoms with E-state index in [0.717, 1.165) is 49.2 Å². The van der Waals surface area contributed by atoms with E-state index in [-0.39, 0.29) is 12.0 Å². The highest BCUT2D eigenvalue weighted by atomic mass is 16.5. The summed E-state index contributed by atoms with van der Waals surface area (Å²) in [6.45, 7) is 4.21. The molecule has 1 aromatic heterocycles. The van der Waals surface area contributed by atoms with Gasteiger partial charge >= 0.3 is 0 Å². The molecule has 1 amide bonds. The first-order chi connectivity index (χ1) is 12.3. The zero-order chi connectivity index (χ0) is 17.2. The van der Waals surface area contributed by atoms with Gasteiger partial charge in [-0.3, -0.25) is 4.79 Å². The molecule has 2 aromatic rings. The summed E-state index contributed by atoms with van der Waals surface area (Å²) < 4.78 is 7.70. The third-order valence-electron chi connectivity index (χ3n) is 5.07. The molecule has 2 aliphatic rings. The van der Waals surface area contributed by atoms with E-state index in [9.17, 15) is 4.79 Å². The van der Waals surface area contributed by atoms with Gasteiger partial charge in [-0.1, -0.05) is 18.2 Å². The molecule has 1 aliphatic heterocycles. The standard InChI is InChI=1S/C20H25N3O2/c1-2-25-17-9-6-12-22(14-17)20(24)18-13-21-23(19(18)15-10-11-15)16-7-4-3-5-8-16/h3-5,7-8,13,15,17H,2,6,9-12,14H2,1H3/t17-/m0/s1. The van der Waals surface area contributed by atoms with Gasteiger partial charge in [-0.15, -0.1) is 0 Å². The summed E-state index contributed by atoms with van der Waals surface area (Å²) in [7, 11) is 0. The number of ether oxygens (including phenoxy) is 1. The molecule has 5 nitrogen and oxygen atoms in total. The smallest absolute Gasteiger partial charge is 0.257 e. The summed E-state index contributed by atoms with van der Waals surface area (Å²) >= 11 is 0. The Kier molecular flexibility index (Phi) is 4.57. The Bertz CT molecular complexity index is 735. The second kappa shape index (κ2) is 7.00. The molecule has 1 aromatic carbocycles. The fourth-order valence-electron chi connectivity index (χ4n) is 3.71. The minimum absolute atomic E-state index is 0.105. The van der Waals surface area contributed by atoms with Crippen molar-refractivity contribution >= 4 is 5.91 Å². The number of amides is 1. The number of hydrogen-bond acceptors (Lipinski definition) is 3. The lowest BCUT2D eigenvalue weighted by Crippen LogP contribution is -2.43. The van der Waals surface area contributed by atoms with Gasteiger partial charge in [0, 0.05) is 25.6 Å². The number of benzene rings is 1. The summed E-state index contributed by atoms with van der Waals surface area (Å²) in [5.41, 5.74) is 2.87. The second-order valence-corrected chi connectivity index (χ2v) is 6.94. The Morgan fingerprint density at radius 3 is 2.76 bits per heavy atom. The monoisotopic (exact) mass is 339 g/mol. The molecule has 1 atom stereocenters. The lowest BCUT2D eigenvalue weighted by atomic mass is 10.1. The van der Waals surface area contributed by atoms with E-state index in [0.29, 0.717) is 19.1 Å². The second-order valence-electron chi connectivity index (χ2n) is 6.94. The van der Waals surface area contributed by atoms with Crippen LogP contribution in [0.2, 0.25) is 0 Å². The summed E-state index contributed by atoms with van der Waals surface area (Å²) in [5, 5.41) is 4.56. The van der Waals surface area contributed by atoms with E-state index in [1.165, 1.54) is 0 Å². The first kappa shape index (κ1) is 16.3. The average molecular weight is 339 g/mol. The number of likely N-dealkylation sites (tertiary alicyclic amines) is 1. The van der Waals surface area contributed by atoms with E-state index in [2.05, 4.69) is 5.10 Å². The van der Waals surface area contributed by atoms with Crippen molar-refractivity contribution in [2.24, 2.45) is 0 Å². The van der Waals surface area contributed by atoms with Crippen molar-refractivity contribution < 1.29 is 9.53 Å². The van der Waals surface area contributed by atoms with Crippen LogP contribution in [0.1, 0.15) is 54.6 Å². The van der Waals surface area contributed by atoms with Gasteiger partial charge in [0.25, 0.3) is 5.91 Å². The van der Waals surface area contributed by atoms with Gasteiger partial charge < -0.3 is 9.64 Å². The SMILES string of the molecule is CCO[C@H]1CCCN(C(=O)c2cnn(-c3ccccc3)c2C2CC2)C1. The molecule has 0 bridgehead atoms. The zero-order valence-corrected chi connectivity index (χ0v) is 14.7. The van der Waals surface area contributed by atoms with Gasteiger partial charge in [0.05, 0.1) is 29.2 Å². The first-order valence-corrected chi connectivity index (χ1v) is 9.32. The summed E-state index contributed by atoms with van der Waals surface area (Å²) in [6.07, 6.45) is 6.24. The molecular formula is C20H25N3O2. The molecule has 0 unspecified atom stereocenters. The number of carbonyl (C=O) groups is 1. The summed E-state index contributed by atoms with van der Waals surface area (Å²) in [6, 6.07) is 10.1. The molecule has 0 radical (unpaired) electrons. The van der Waals surface area contributed by atoms with Crippen LogP contribution in [-0.4, -0.2) is 46.4 Å². The van der Waals surface area contributed by atoms with Gasteiger partial charge in [-0.25, -0.2) is 4.68 Å². The summed E-state index contributed by atoms with van der Waals surface area (Å²) in [4.78, 5) is 15.1. The molecule has 0 spiro atoms. The van der Waals surface area contributed by atoms with Crippen LogP contribution in [0.25, 0.3) is 5.69 Å². The molecule has 2 fully saturated rings. The van der Waals surface area contributed by atoms with E-state index in [4.69, 9.17) is 4.74 Å². The van der Waals surface area contributed by atoms with Crippen molar-refractivity contribution in [1.82, 2.24) is 14.7 Å². The first-order valence-electron chi connectivity index (χ1n) is 9.32. The largest absolute Gasteiger partial charge is 0.377 e. The fraction of sp³-hybridized carbons (Fsp3) is 0.500. The number of aromatic nitrogens is 2.